The second-order valence-corrected chi connectivity index (χ2v) is 6.62. The number of pyridine rings is 1. The summed E-state index contributed by atoms with van der Waals surface area (Å²) < 4.78 is 29.1. The SMILES string of the molecule is Cc1nc2cc(CN(Cc3cc(F)cc(F)c3)c3nnn(C)n3)cnc2n1C. The van der Waals surface area contributed by atoms with Crippen molar-refractivity contribution >= 4 is 17.1 Å². The van der Waals surface area contributed by atoms with E-state index in [4.69, 9.17) is 0 Å². The molecule has 0 unspecified atom stereocenters. The Balaban J connectivity index is 1.67. The van der Waals surface area contributed by atoms with E-state index < -0.39 is 11.6 Å². The maximum Gasteiger partial charge on any atom is 0.266 e. The van der Waals surface area contributed by atoms with Gasteiger partial charge in [-0.05, 0) is 41.5 Å². The molecule has 3 aromatic heterocycles. The van der Waals surface area contributed by atoms with Gasteiger partial charge in [-0.2, -0.15) is 4.80 Å². The van der Waals surface area contributed by atoms with E-state index >= 15 is 0 Å². The second-order valence-electron chi connectivity index (χ2n) is 6.62. The van der Waals surface area contributed by atoms with Crippen molar-refractivity contribution in [2.24, 2.45) is 14.1 Å². The largest absolute Gasteiger partial charge is 0.329 e. The Hall–Kier alpha value is -3.43. The number of fused-ring (bicyclic) bond motifs is 1. The van der Waals surface area contributed by atoms with E-state index in [9.17, 15) is 8.78 Å². The van der Waals surface area contributed by atoms with Gasteiger partial charge in [-0.25, -0.2) is 18.7 Å². The Bertz CT molecular complexity index is 1130. The summed E-state index contributed by atoms with van der Waals surface area (Å²) in [7, 11) is 3.56. The minimum Gasteiger partial charge on any atom is -0.329 e. The zero-order valence-corrected chi connectivity index (χ0v) is 15.6. The summed E-state index contributed by atoms with van der Waals surface area (Å²) >= 11 is 0. The average Bonchev–Trinajstić information content (AvgIpc) is 3.17. The Morgan fingerprint density at radius 3 is 2.39 bits per heavy atom. The molecule has 28 heavy (non-hydrogen) atoms. The van der Waals surface area contributed by atoms with Gasteiger partial charge in [0.25, 0.3) is 5.95 Å². The monoisotopic (exact) mass is 384 g/mol. The van der Waals surface area contributed by atoms with Crippen molar-refractivity contribution in [3.8, 4) is 0 Å². The highest BCUT2D eigenvalue weighted by molar-refractivity contribution is 5.72. The molecule has 0 fully saturated rings. The molecule has 144 valence electrons. The normalized spacial score (nSPS) is 11.3. The van der Waals surface area contributed by atoms with Crippen molar-refractivity contribution in [3.63, 3.8) is 0 Å². The van der Waals surface area contributed by atoms with Gasteiger partial charge in [0, 0.05) is 32.4 Å². The maximum atomic E-state index is 13.6. The van der Waals surface area contributed by atoms with E-state index in [1.165, 1.54) is 16.9 Å². The highest BCUT2D eigenvalue weighted by Gasteiger charge is 2.16. The summed E-state index contributed by atoms with van der Waals surface area (Å²) in [6.45, 7) is 2.50. The van der Waals surface area contributed by atoms with E-state index in [0.717, 1.165) is 28.6 Å². The lowest BCUT2D eigenvalue weighted by atomic mass is 10.2. The average molecular weight is 384 g/mol. The van der Waals surface area contributed by atoms with Crippen LogP contribution in [-0.4, -0.2) is 34.7 Å². The summed E-state index contributed by atoms with van der Waals surface area (Å²) in [6.07, 6.45) is 1.75. The number of hydrogen-bond acceptors (Lipinski definition) is 6. The molecule has 1 aromatic carbocycles. The Kier molecular flexibility index (Phi) is 4.46. The molecule has 0 aliphatic rings. The molecule has 0 amide bonds. The summed E-state index contributed by atoms with van der Waals surface area (Å²) in [5.74, 6) is -0.0463. The molecule has 10 heteroatoms. The first-order chi connectivity index (χ1) is 13.4. The molecule has 8 nitrogen and oxygen atoms in total. The maximum absolute atomic E-state index is 13.6. The predicted octanol–water partition coefficient (Wildman–Crippen LogP) is 2.29. The third-order valence-electron chi connectivity index (χ3n) is 4.44. The fourth-order valence-corrected chi connectivity index (χ4v) is 3.06. The lowest BCUT2D eigenvalue weighted by Gasteiger charge is -2.20. The number of rotatable bonds is 5. The van der Waals surface area contributed by atoms with Crippen molar-refractivity contribution in [1.82, 2.24) is 34.7 Å². The van der Waals surface area contributed by atoms with Crippen molar-refractivity contribution in [2.75, 3.05) is 4.90 Å². The number of aryl methyl sites for hydroxylation is 3. The number of tetrazole rings is 1. The topological polar surface area (TPSA) is 77.6 Å². The predicted molar refractivity (Wildman–Crippen MR) is 98.3 cm³/mol. The molecule has 0 spiro atoms. The van der Waals surface area contributed by atoms with Crippen molar-refractivity contribution in [2.45, 2.75) is 20.0 Å². The van der Waals surface area contributed by atoms with E-state index in [1.54, 1.807) is 18.1 Å². The van der Waals surface area contributed by atoms with Gasteiger partial charge in [0.1, 0.15) is 23.0 Å². The smallest absolute Gasteiger partial charge is 0.266 e. The van der Waals surface area contributed by atoms with E-state index in [0.29, 0.717) is 18.1 Å². The van der Waals surface area contributed by atoms with E-state index in [1.807, 2.05) is 24.6 Å². The van der Waals surface area contributed by atoms with Gasteiger partial charge in [-0.15, -0.1) is 5.10 Å². The van der Waals surface area contributed by atoms with Crippen LogP contribution in [0, 0.1) is 18.6 Å². The number of anilines is 1. The van der Waals surface area contributed by atoms with Crippen LogP contribution in [0.5, 0.6) is 0 Å². The first-order valence-electron chi connectivity index (χ1n) is 8.61. The number of halogens is 2. The van der Waals surface area contributed by atoms with Crippen molar-refractivity contribution in [1.29, 1.82) is 0 Å². The third kappa shape index (κ3) is 3.53. The fourth-order valence-electron chi connectivity index (χ4n) is 3.06. The van der Waals surface area contributed by atoms with Crippen LogP contribution in [0.2, 0.25) is 0 Å². The molecular weight excluding hydrogens is 366 g/mol. The van der Waals surface area contributed by atoms with E-state index in [2.05, 4.69) is 25.4 Å². The van der Waals surface area contributed by atoms with Gasteiger partial charge in [-0.1, -0.05) is 5.10 Å². The molecule has 0 saturated carbocycles. The zero-order chi connectivity index (χ0) is 19.8. The number of imidazole rings is 1. The first-order valence-corrected chi connectivity index (χ1v) is 8.61. The molecule has 0 saturated heterocycles. The summed E-state index contributed by atoms with van der Waals surface area (Å²) in [5, 5.41) is 12.1. The molecule has 4 rings (SSSR count). The van der Waals surface area contributed by atoms with Crippen LogP contribution in [0.3, 0.4) is 0 Å². The summed E-state index contributed by atoms with van der Waals surface area (Å²) in [5.41, 5.74) is 2.90. The fraction of sp³-hybridized carbons (Fsp3) is 0.278. The molecule has 0 atom stereocenters. The quantitative estimate of drug-likeness (QED) is 0.525. The lowest BCUT2D eigenvalue weighted by Crippen LogP contribution is -2.24. The van der Waals surface area contributed by atoms with Crippen LogP contribution >= 0.6 is 0 Å². The molecule has 0 aliphatic heterocycles. The van der Waals surface area contributed by atoms with Crippen LogP contribution in [0.15, 0.2) is 30.5 Å². The molecule has 4 aromatic rings. The lowest BCUT2D eigenvalue weighted by molar-refractivity contribution is 0.578. The molecule has 0 N–H and O–H groups in total. The Morgan fingerprint density at radius 2 is 1.71 bits per heavy atom. The van der Waals surface area contributed by atoms with Crippen LogP contribution in [0.4, 0.5) is 14.7 Å². The minimum atomic E-state index is -0.630. The van der Waals surface area contributed by atoms with Gasteiger partial charge >= 0.3 is 0 Å². The van der Waals surface area contributed by atoms with Gasteiger partial charge < -0.3 is 9.47 Å². The Labute approximate surface area is 159 Å². The third-order valence-corrected chi connectivity index (χ3v) is 4.44. The van der Waals surface area contributed by atoms with Gasteiger partial charge in [0.05, 0.1) is 7.05 Å². The van der Waals surface area contributed by atoms with Gasteiger partial charge in [-0.3, -0.25) is 0 Å². The van der Waals surface area contributed by atoms with Crippen LogP contribution < -0.4 is 4.90 Å². The summed E-state index contributed by atoms with van der Waals surface area (Å²) in [6, 6.07) is 5.35. The van der Waals surface area contributed by atoms with Crippen LogP contribution in [0.25, 0.3) is 11.2 Å². The highest BCUT2D eigenvalue weighted by Crippen LogP contribution is 2.19. The number of benzene rings is 1. The highest BCUT2D eigenvalue weighted by atomic mass is 19.1. The van der Waals surface area contributed by atoms with Crippen molar-refractivity contribution in [3.05, 3.63) is 59.0 Å². The Morgan fingerprint density at radius 1 is 1.00 bits per heavy atom. The van der Waals surface area contributed by atoms with E-state index in [-0.39, 0.29) is 6.54 Å². The minimum absolute atomic E-state index is 0.208. The first kappa shape index (κ1) is 18.0. The molecule has 3 heterocycles. The second kappa shape index (κ2) is 6.95. The van der Waals surface area contributed by atoms with Crippen LogP contribution in [0.1, 0.15) is 17.0 Å². The molecular formula is C18H18F2N8. The van der Waals surface area contributed by atoms with Crippen molar-refractivity contribution < 1.29 is 8.78 Å². The van der Waals surface area contributed by atoms with Gasteiger partial charge in [0.2, 0.25) is 0 Å². The van der Waals surface area contributed by atoms with Gasteiger partial charge in [0.15, 0.2) is 5.65 Å². The van der Waals surface area contributed by atoms with Crippen LogP contribution in [-0.2, 0) is 27.2 Å². The molecule has 0 bridgehead atoms. The number of hydrogen-bond donors (Lipinski definition) is 0. The molecule has 0 aliphatic carbocycles. The number of nitrogens with zero attached hydrogens (tertiary/aromatic N) is 8. The molecule has 0 radical (unpaired) electrons. The summed E-state index contributed by atoms with van der Waals surface area (Å²) in [4.78, 5) is 12.1. The standard InChI is InChI=1S/C18H18F2N8/c1-11-22-16-6-13(8-21-17(16)26(11)2)10-28(18-23-25-27(3)24-18)9-12-4-14(19)7-15(20)5-12/h4-8H,9-10H2,1-3H3. The zero-order valence-electron chi connectivity index (χ0n) is 15.6. The number of aromatic nitrogens is 7.